The van der Waals surface area contributed by atoms with E-state index in [1.807, 2.05) is 19.4 Å². The molecule has 5 rings (SSSR count). The molecule has 2 aromatic carbocycles. The molecule has 0 amide bonds. The van der Waals surface area contributed by atoms with Crippen molar-refractivity contribution in [2.75, 3.05) is 0 Å². The molecule has 4 heteroatoms. The normalized spacial score (nSPS) is 13.1. The zero-order chi connectivity index (χ0) is 16.3. The summed E-state index contributed by atoms with van der Waals surface area (Å²) in [7, 11) is 2.05. The highest BCUT2D eigenvalue weighted by Gasteiger charge is 2.19. The van der Waals surface area contributed by atoms with Crippen LogP contribution >= 0.6 is 0 Å². The molecule has 4 aromatic rings. The Hall–Kier alpha value is -3.01. The Morgan fingerprint density at radius 2 is 2.00 bits per heavy atom. The summed E-state index contributed by atoms with van der Waals surface area (Å²) in [5.74, 6) is 1.12. The van der Waals surface area contributed by atoms with E-state index in [1.54, 1.807) is 0 Å². The van der Waals surface area contributed by atoms with Gasteiger partial charge in [0.05, 0.1) is 23.5 Å². The zero-order valence-corrected chi connectivity index (χ0v) is 13.7. The molecule has 24 heavy (non-hydrogen) atoms. The van der Waals surface area contributed by atoms with E-state index in [0.717, 1.165) is 28.7 Å². The van der Waals surface area contributed by atoms with E-state index in [0.29, 0.717) is 0 Å². The predicted molar refractivity (Wildman–Crippen MR) is 95.4 cm³/mol. The van der Waals surface area contributed by atoms with Crippen molar-refractivity contribution in [3.05, 3.63) is 60.2 Å². The minimum Gasteiger partial charge on any atom is -0.303 e. The number of fused-ring (bicyclic) bond motifs is 4. The number of aryl methyl sites for hydroxylation is 2. The Labute approximate surface area is 139 Å². The van der Waals surface area contributed by atoms with Gasteiger partial charge in [0.25, 0.3) is 6.33 Å². The van der Waals surface area contributed by atoms with Crippen LogP contribution in [-0.4, -0.2) is 14.5 Å². The molecule has 1 aliphatic rings. The molecule has 0 fully saturated rings. The van der Waals surface area contributed by atoms with Crippen LogP contribution in [0.3, 0.4) is 0 Å². The fourth-order valence-electron chi connectivity index (χ4n) is 3.64. The molecule has 0 spiro atoms. The molecule has 0 bridgehead atoms. The summed E-state index contributed by atoms with van der Waals surface area (Å²) in [6, 6.07) is 12.7. The van der Waals surface area contributed by atoms with Crippen LogP contribution in [0.25, 0.3) is 39.4 Å². The lowest BCUT2D eigenvalue weighted by Gasteiger charge is -2.09. The third-order valence-electron chi connectivity index (χ3n) is 4.80. The second-order valence-corrected chi connectivity index (χ2v) is 6.36. The van der Waals surface area contributed by atoms with Gasteiger partial charge in [-0.05, 0) is 41.7 Å². The van der Waals surface area contributed by atoms with Crippen molar-refractivity contribution in [1.29, 1.82) is 0 Å². The molecule has 0 radical (unpaired) electrons. The summed E-state index contributed by atoms with van der Waals surface area (Å²) in [6.45, 7) is 2.17. The molecule has 0 saturated heterocycles. The molecular formula is C20H17N4+. The summed E-state index contributed by atoms with van der Waals surface area (Å²) in [4.78, 5) is 9.34. The highest BCUT2D eigenvalue weighted by Crippen LogP contribution is 2.31. The molecule has 0 atom stereocenters. The van der Waals surface area contributed by atoms with Gasteiger partial charge < -0.3 is 4.57 Å². The first kappa shape index (κ1) is 13.4. The lowest BCUT2D eigenvalue weighted by Crippen LogP contribution is -2.31. The van der Waals surface area contributed by atoms with Gasteiger partial charge in [0.2, 0.25) is 0 Å². The van der Waals surface area contributed by atoms with Gasteiger partial charge in [-0.25, -0.2) is 9.55 Å². The van der Waals surface area contributed by atoms with Crippen LogP contribution in [0.4, 0.5) is 0 Å². The number of para-hydroxylation sites is 1. The average molecular weight is 313 g/mol. The summed E-state index contributed by atoms with van der Waals surface area (Å²) >= 11 is 0. The molecule has 0 N–H and O–H groups in total. The van der Waals surface area contributed by atoms with E-state index in [4.69, 9.17) is 4.98 Å². The first-order valence-electron chi connectivity index (χ1n) is 8.14. The fourth-order valence-corrected chi connectivity index (χ4v) is 3.64. The van der Waals surface area contributed by atoms with Gasteiger partial charge in [-0.2, -0.15) is 0 Å². The van der Waals surface area contributed by atoms with Gasteiger partial charge in [-0.15, -0.1) is 0 Å². The minimum absolute atomic E-state index is 0.912. The van der Waals surface area contributed by atoms with Crippen molar-refractivity contribution in [3.63, 3.8) is 0 Å². The summed E-state index contributed by atoms with van der Waals surface area (Å²) < 4.78 is 4.29. The lowest BCUT2D eigenvalue weighted by atomic mass is 10.0. The van der Waals surface area contributed by atoms with Crippen LogP contribution in [-0.2, 0) is 13.5 Å². The summed E-state index contributed by atoms with van der Waals surface area (Å²) in [5, 5.41) is 1.16. The molecule has 2 aromatic heterocycles. The molecule has 1 aliphatic heterocycles. The Morgan fingerprint density at radius 3 is 2.92 bits per heavy atom. The number of benzene rings is 2. The van der Waals surface area contributed by atoms with Crippen molar-refractivity contribution >= 4 is 28.1 Å². The molecular weight excluding hydrogens is 296 g/mol. The minimum atomic E-state index is 0.912. The van der Waals surface area contributed by atoms with E-state index >= 15 is 0 Å². The fraction of sp³-hybridized carbons (Fsp3) is 0.150. The number of hydrogen-bond donors (Lipinski definition) is 0. The standard InChI is InChI=1S/C20H17N4/c1-13-10-18-17(22-19-8-5-9-24(18)19)11-15(13)20-14-6-3-4-7-16(14)21-12-23(20)2/h3-7,9-12H,8H2,1-2H3/q+1. The molecule has 0 unspecified atom stereocenters. The largest absolute Gasteiger partial charge is 0.303 e. The Bertz CT molecular complexity index is 1150. The number of imidazole rings is 1. The monoisotopic (exact) mass is 313 g/mol. The topological polar surface area (TPSA) is 34.6 Å². The molecule has 0 aliphatic carbocycles. The summed E-state index contributed by atoms with van der Waals surface area (Å²) in [6.07, 6.45) is 7.07. The number of rotatable bonds is 1. The lowest BCUT2D eigenvalue weighted by molar-refractivity contribution is -0.662. The van der Waals surface area contributed by atoms with Crippen molar-refractivity contribution in [2.24, 2.45) is 7.05 Å². The molecule has 116 valence electrons. The number of aromatic nitrogens is 4. The summed E-state index contributed by atoms with van der Waals surface area (Å²) in [5.41, 5.74) is 6.89. The van der Waals surface area contributed by atoms with Gasteiger partial charge in [0.1, 0.15) is 11.5 Å². The highest BCUT2D eigenvalue weighted by molar-refractivity contribution is 5.94. The SMILES string of the molecule is Cc1cc2c(cc1-c1c3ccccc3nc[n+]1C)nc1n2C=CC1. The Kier molecular flexibility index (Phi) is 2.65. The third kappa shape index (κ3) is 1.77. The maximum Gasteiger partial charge on any atom is 0.287 e. The second kappa shape index (κ2) is 4.74. The zero-order valence-electron chi connectivity index (χ0n) is 13.7. The van der Waals surface area contributed by atoms with Crippen LogP contribution < -0.4 is 4.57 Å². The molecule has 4 nitrogen and oxygen atoms in total. The van der Waals surface area contributed by atoms with Gasteiger partial charge in [-0.1, -0.05) is 18.2 Å². The first-order valence-corrected chi connectivity index (χ1v) is 8.14. The van der Waals surface area contributed by atoms with Gasteiger partial charge in [0, 0.05) is 18.2 Å². The van der Waals surface area contributed by atoms with Crippen LogP contribution in [0.2, 0.25) is 0 Å². The Balaban J connectivity index is 1.86. The number of nitrogens with zero attached hydrogens (tertiary/aromatic N) is 4. The van der Waals surface area contributed by atoms with Crippen LogP contribution in [0.5, 0.6) is 0 Å². The third-order valence-corrected chi connectivity index (χ3v) is 4.80. The number of hydrogen-bond acceptors (Lipinski definition) is 2. The van der Waals surface area contributed by atoms with E-state index in [1.165, 1.54) is 22.3 Å². The second-order valence-electron chi connectivity index (χ2n) is 6.36. The van der Waals surface area contributed by atoms with Crippen molar-refractivity contribution < 1.29 is 4.57 Å². The van der Waals surface area contributed by atoms with Crippen LogP contribution in [0.1, 0.15) is 11.4 Å². The first-order chi connectivity index (χ1) is 11.7. The van der Waals surface area contributed by atoms with Crippen molar-refractivity contribution in [2.45, 2.75) is 13.3 Å². The van der Waals surface area contributed by atoms with Crippen LogP contribution in [0, 0.1) is 6.92 Å². The Morgan fingerprint density at radius 1 is 1.12 bits per heavy atom. The van der Waals surface area contributed by atoms with Gasteiger partial charge in [-0.3, -0.25) is 0 Å². The maximum absolute atomic E-state index is 4.81. The average Bonchev–Trinajstić information content (AvgIpc) is 3.16. The smallest absolute Gasteiger partial charge is 0.287 e. The van der Waals surface area contributed by atoms with E-state index < -0.39 is 0 Å². The van der Waals surface area contributed by atoms with Gasteiger partial charge in [0.15, 0.2) is 5.52 Å². The van der Waals surface area contributed by atoms with E-state index in [9.17, 15) is 0 Å². The molecule has 0 saturated carbocycles. The number of allylic oxidation sites excluding steroid dienone is 1. The van der Waals surface area contributed by atoms with Crippen molar-refractivity contribution in [1.82, 2.24) is 14.5 Å². The van der Waals surface area contributed by atoms with Crippen LogP contribution in [0.15, 0.2) is 48.8 Å². The van der Waals surface area contributed by atoms with Crippen molar-refractivity contribution in [3.8, 4) is 11.3 Å². The maximum atomic E-state index is 4.81. The predicted octanol–water partition coefficient (Wildman–Crippen LogP) is 3.41. The highest BCUT2D eigenvalue weighted by atomic mass is 15.1. The quantitative estimate of drug-likeness (QED) is 0.505. The van der Waals surface area contributed by atoms with Gasteiger partial charge >= 0.3 is 0 Å². The van der Waals surface area contributed by atoms with E-state index in [-0.39, 0.29) is 0 Å². The molecule has 3 heterocycles. The van der Waals surface area contributed by atoms with E-state index in [2.05, 4.69) is 63.6 Å².